The van der Waals surface area contributed by atoms with Crippen LogP contribution in [-0.4, -0.2) is 53.3 Å². The first kappa shape index (κ1) is 14.7. The van der Waals surface area contributed by atoms with Crippen molar-refractivity contribution in [3.8, 4) is 0 Å². The van der Waals surface area contributed by atoms with E-state index in [9.17, 15) is 9.59 Å². The Morgan fingerprint density at radius 2 is 2.35 bits per heavy atom. The molecule has 7 nitrogen and oxygen atoms in total. The summed E-state index contributed by atoms with van der Waals surface area (Å²) in [5, 5.41) is 12.3. The highest BCUT2D eigenvalue weighted by Gasteiger charge is 2.24. The second-order valence-corrected chi connectivity index (χ2v) is 5.70. The van der Waals surface area contributed by atoms with E-state index in [2.05, 4.69) is 10.3 Å². The molecule has 8 heteroatoms. The van der Waals surface area contributed by atoms with Gasteiger partial charge in [0.05, 0.1) is 24.9 Å². The number of aromatic nitrogens is 1. The zero-order chi connectivity index (χ0) is 14.7. The van der Waals surface area contributed by atoms with Crippen molar-refractivity contribution in [1.82, 2.24) is 15.2 Å². The molecular weight excluding hydrogens is 282 g/mol. The van der Waals surface area contributed by atoms with E-state index in [1.807, 2.05) is 0 Å². The summed E-state index contributed by atoms with van der Waals surface area (Å²) >= 11 is 1.08. The van der Waals surface area contributed by atoms with Crippen molar-refractivity contribution >= 4 is 23.3 Å². The standard InChI is InChI=1S/C12H17N3O4S/c1-7-10(11(16)17)20-9(14-7)5-13-12(18)15(2)8-3-4-19-6-8/h8H,3-6H2,1-2H3,(H,13,18)(H,16,17). The van der Waals surface area contributed by atoms with Gasteiger partial charge in [0.1, 0.15) is 9.88 Å². The smallest absolute Gasteiger partial charge is 0.347 e. The third-order valence-corrected chi connectivity index (χ3v) is 4.35. The average Bonchev–Trinajstić information content (AvgIpc) is 3.04. The maximum absolute atomic E-state index is 11.9. The van der Waals surface area contributed by atoms with E-state index in [4.69, 9.17) is 9.84 Å². The number of urea groups is 1. The average molecular weight is 299 g/mol. The van der Waals surface area contributed by atoms with E-state index in [1.165, 1.54) is 0 Å². The summed E-state index contributed by atoms with van der Waals surface area (Å²) in [6, 6.07) is -0.104. The van der Waals surface area contributed by atoms with Crippen molar-refractivity contribution in [2.45, 2.75) is 25.9 Å². The zero-order valence-corrected chi connectivity index (χ0v) is 12.2. The van der Waals surface area contributed by atoms with Crippen molar-refractivity contribution in [1.29, 1.82) is 0 Å². The quantitative estimate of drug-likeness (QED) is 0.868. The summed E-state index contributed by atoms with van der Waals surface area (Å²) in [6.45, 7) is 3.11. The molecule has 1 unspecified atom stereocenters. The fraction of sp³-hybridized carbons (Fsp3) is 0.583. The van der Waals surface area contributed by atoms with Gasteiger partial charge in [-0.05, 0) is 13.3 Å². The summed E-state index contributed by atoms with van der Waals surface area (Å²) in [5.74, 6) is -0.988. The Morgan fingerprint density at radius 3 is 2.90 bits per heavy atom. The summed E-state index contributed by atoms with van der Waals surface area (Å²) < 4.78 is 5.24. The fourth-order valence-corrected chi connectivity index (χ4v) is 2.84. The van der Waals surface area contributed by atoms with Gasteiger partial charge in [0.15, 0.2) is 0 Å². The molecule has 1 fully saturated rings. The predicted octanol–water partition coefficient (Wildman–Crippen LogP) is 1.08. The molecule has 1 saturated heterocycles. The van der Waals surface area contributed by atoms with Crippen LogP contribution in [0.15, 0.2) is 0 Å². The molecule has 1 atom stereocenters. The number of likely N-dealkylation sites (N-methyl/N-ethyl adjacent to an activating group) is 1. The lowest BCUT2D eigenvalue weighted by molar-refractivity contribution is 0.0701. The number of hydrogen-bond donors (Lipinski definition) is 2. The van der Waals surface area contributed by atoms with Gasteiger partial charge in [0, 0.05) is 13.7 Å². The van der Waals surface area contributed by atoms with Crippen molar-refractivity contribution in [2.24, 2.45) is 0 Å². The summed E-state index contributed by atoms with van der Waals surface area (Å²) in [6.07, 6.45) is 0.837. The van der Waals surface area contributed by atoms with E-state index in [0.29, 0.717) is 23.9 Å². The van der Waals surface area contributed by atoms with Gasteiger partial charge in [-0.1, -0.05) is 0 Å². The van der Waals surface area contributed by atoms with E-state index in [-0.39, 0.29) is 23.5 Å². The molecule has 2 amide bonds. The van der Waals surface area contributed by atoms with Crippen LogP contribution in [0, 0.1) is 6.92 Å². The van der Waals surface area contributed by atoms with Crippen molar-refractivity contribution in [3.63, 3.8) is 0 Å². The predicted molar refractivity (Wildman–Crippen MR) is 73.0 cm³/mol. The first-order valence-corrected chi connectivity index (χ1v) is 7.08. The van der Waals surface area contributed by atoms with Crippen LogP contribution in [0.3, 0.4) is 0 Å². The number of thiazole rings is 1. The SMILES string of the molecule is Cc1nc(CNC(=O)N(C)C2CCOC2)sc1C(=O)O. The third kappa shape index (κ3) is 3.26. The number of carboxylic acid groups (broad SMARTS) is 1. The maximum atomic E-state index is 11.9. The van der Waals surface area contributed by atoms with Crippen LogP contribution in [0.25, 0.3) is 0 Å². The van der Waals surface area contributed by atoms with Gasteiger partial charge in [-0.3, -0.25) is 0 Å². The van der Waals surface area contributed by atoms with Gasteiger partial charge in [-0.15, -0.1) is 11.3 Å². The van der Waals surface area contributed by atoms with Gasteiger partial charge < -0.3 is 20.1 Å². The van der Waals surface area contributed by atoms with E-state index >= 15 is 0 Å². The molecule has 0 aromatic carbocycles. The molecule has 0 radical (unpaired) electrons. The number of carbonyl (C=O) groups is 2. The number of aromatic carboxylic acids is 1. The monoisotopic (exact) mass is 299 g/mol. The molecule has 2 rings (SSSR count). The number of carbonyl (C=O) groups excluding carboxylic acids is 1. The molecule has 1 aromatic rings. The Kier molecular flexibility index (Phi) is 4.56. The lowest BCUT2D eigenvalue weighted by atomic mass is 10.2. The summed E-state index contributed by atoms with van der Waals surface area (Å²) in [7, 11) is 1.73. The Hall–Kier alpha value is -1.67. The van der Waals surface area contributed by atoms with Crippen molar-refractivity contribution < 1.29 is 19.4 Å². The first-order valence-electron chi connectivity index (χ1n) is 6.27. The van der Waals surface area contributed by atoms with Gasteiger partial charge in [0.25, 0.3) is 0 Å². The Bertz CT molecular complexity index is 511. The molecule has 1 aliphatic heterocycles. The Labute approximate surface area is 120 Å². The van der Waals surface area contributed by atoms with E-state index in [0.717, 1.165) is 17.8 Å². The normalized spacial score (nSPS) is 18.0. The van der Waals surface area contributed by atoms with Crippen LogP contribution in [0.2, 0.25) is 0 Å². The first-order chi connectivity index (χ1) is 9.49. The highest BCUT2D eigenvalue weighted by atomic mass is 32.1. The Morgan fingerprint density at radius 1 is 1.60 bits per heavy atom. The number of amides is 2. The molecule has 1 aliphatic rings. The minimum absolute atomic E-state index is 0.0996. The minimum Gasteiger partial charge on any atom is -0.477 e. The number of hydrogen-bond acceptors (Lipinski definition) is 5. The molecular formula is C12H17N3O4S. The molecule has 2 heterocycles. The van der Waals surface area contributed by atoms with Gasteiger partial charge in [0.2, 0.25) is 0 Å². The molecule has 0 bridgehead atoms. The highest BCUT2D eigenvalue weighted by molar-refractivity contribution is 7.13. The highest BCUT2D eigenvalue weighted by Crippen LogP contribution is 2.18. The lowest BCUT2D eigenvalue weighted by Gasteiger charge is -2.23. The number of carboxylic acids is 1. The molecule has 20 heavy (non-hydrogen) atoms. The Balaban J connectivity index is 1.89. The molecule has 2 N–H and O–H groups in total. The van der Waals surface area contributed by atoms with E-state index in [1.54, 1.807) is 18.9 Å². The fourth-order valence-electron chi connectivity index (χ4n) is 2.00. The third-order valence-electron chi connectivity index (χ3n) is 3.20. The minimum atomic E-state index is -0.988. The molecule has 1 aromatic heterocycles. The summed E-state index contributed by atoms with van der Waals surface area (Å²) in [4.78, 5) is 28.8. The molecule has 0 aliphatic carbocycles. The van der Waals surface area contributed by atoms with Crippen molar-refractivity contribution in [3.05, 3.63) is 15.6 Å². The zero-order valence-electron chi connectivity index (χ0n) is 11.4. The lowest BCUT2D eigenvalue weighted by Crippen LogP contribution is -2.43. The number of rotatable bonds is 4. The van der Waals surface area contributed by atoms with Gasteiger partial charge in [-0.25, -0.2) is 14.6 Å². The second-order valence-electron chi connectivity index (χ2n) is 4.61. The molecule has 0 saturated carbocycles. The largest absolute Gasteiger partial charge is 0.477 e. The maximum Gasteiger partial charge on any atom is 0.347 e. The topological polar surface area (TPSA) is 91.8 Å². The van der Waals surface area contributed by atoms with Crippen molar-refractivity contribution in [2.75, 3.05) is 20.3 Å². The number of aryl methyl sites for hydroxylation is 1. The number of nitrogens with one attached hydrogen (secondary N) is 1. The number of ether oxygens (including phenoxy) is 1. The van der Waals surface area contributed by atoms with Gasteiger partial charge >= 0.3 is 12.0 Å². The second kappa shape index (κ2) is 6.19. The van der Waals surface area contributed by atoms with Crippen LogP contribution in [-0.2, 0) is 11.3 Å². The molecule has 0 spiro atoms. The summed E-state index contributed by atoms with van der Waals surface area (Å²) in [5.41, 5.74) is 0.476. The van der Waals surface area contributed by atoms with Gasteiger partial charge in [-0.2, -0.15) is 0 Å². The van der Waals surface area contributed by atoms with Crippen LogP contribution in [0.5, 0.6) is 0 Å². The molecule has 110 valence electrons. The van der Waals surface area contributed by atoms with Crippen LogP contribution in [0.1, 0.15) is 26.8 Å². The van der Waals surface area contributed by atoms with Crippen LogP contribution >= 0.6 is 11.3 Å². The van der Waals surface area contributed by atoms with Crippen LogP contribution < -0.4 is 5.32 Å². The van der Waals surface area contributed by atoms with Crippen LogP contribution in [0.4, 0.5) is 4.79 Å². The number of nitrogens with zero attached hydrogens (tertiary/aromatic N) is 2. The van der Waals surface area contributed by atoms with E-state index < -0.39 is 5.97 Å².